The van der Waals surface area contributed by atoms with Gasteiger partial charge in [0.15, 0.2) is 0 Å². The average Bonchev–Trinajstić information content (AvgIpc) is 3.02. The summed E-state index contributed by atoms with van der Waals surface area (Å²) in [6, 6.07) is 26.4. The Balaban J connectivity index is 1.59. The molecule has 1 atom stereocenters. The van der Waals surface area contributed by atoms with E-state index in [1.807, 2.05) is 0 Å². The van der Waals surface area contributed by atoms with E-state index in [4.69, 9.17) is 0 Å². The molecule has 3 aromatic carbocycles. The van der Waals surface area contributed by atoms with Crippen LogP contribution in [0, 0.1) is 6.92 Å². The average molecular weight is 285 g/mol. The van der Waals surface area contributed by atoms with Gasteiger partial charge in [-0.25, -0.2) is 0 Å². The second-order valence-corrected chi connectivity index (χ2v) is 6.00. The van der Waals surface area contributed by atoms with E-state index in [0.29, 0.717) is 6.04 Å². The molecule has 108 valence electrons. The summed E-state index contributed by atoms with van der Waals surface area (Å²) in [5.74, 6) is 0. The minimum atomic E-state index is 0.390. The Hall–Kier alpha value is -2.54. The lowest BCUT2D eigenvalue weighted by Crippen LogP contribution is -2.05. The van der Waals surface area contributed by atoms with Crippen LogP contribution < -0.4 is 5.32 Å². The van der Waals surface area contributed by atoms with E-state index in [1.165, 1.54) is 33.5 Å². The van der Waals surface area contributed by atoms with Crippen LogP contribution >= 0.6 is 0 Å². The van der Waals surface area contributed by atoms with Gasteiger partial charge in [0.2, 0.25) is 0 Å². The smallest absolute Gasteiger partial charge is 0.0555 e. The van der Waals surface area contributed by atoms with Gasteiger partial charge in [-0.15, -0.1) is 0 Å². The predicted octanol–water partition coefficient (Wildman–Crippen LogP) is 5.37. The molecular formula is C21H19N. The first-order valence-corrected chi connectivity index (χ1v) is 7.82. The summed E-state index contributed by atoms with van der Waals surface area (Å²) < 4.78 is 0. The van der Waals surface area contributed by atoms with E-state index < -0.39 is 0 Å². The van der Waals surface area contributed by atoms with Crippen molar-refractivity contribution in [2.45, 2.75) is 19.4 Å². The third kappa shape index (κ3) is 2.29. The maximum absolute atomic E-state index is 3.68. The summed E-state index contributed by atoms with van der Waals surface area (Å²) in [6.07, 6.45) is 1.07. The van der Waals surface area contributed by atoms with Crippen LogP contribution in [-0.4, -0.2) is 0 Å². The highest BCUT2D eigenvalue weighted by Crippen LogP contribution is 2.36. The Morgan fingerprint density at radius 2 is 1.50 bits per heavy atom. The van der Waals surface area contributed by atoms with Gasteiger partial charge < -0.3 is 5.32 Å². The van der Waals surface area contributed by atoms with E-state index in [2.05, 4.69) is 85.0 Å². The predicted molar refractivity (Wildman–Crippen MR) is 93.1 cm³/mol. The van der Waals surface area contributed by atoms with Crippen LogP contribution in [0.15, 0.2) is 72.8 Å². The van der Waals surface area contributed by atoms with Gasteiger partial charge in [-0.1, -0.05) is 72.8 Å². The molecule has 0 radical (unpaired) electrons. The lowest BCUT2D eigenvalue weighted by molar-refractivity contribution is 0.824. The molecule has 1 nitrogen and oxygen atoms in total. The van der Waals surface area contributed by atoms with Crippen molar-refractivity contribution in [2.24, 2.45) is 0 Å². The molecule has 0 saturated heterocycles. The molecule has 1 aliphatic rings. The fourth-order valence-electron chi connectivity index (χ4n) is 3.29. The third-order valence-corrected chi connectivity index (χ3v) is 4.52. The highest BCUT2D eigenvalue weighted by molar-refractivity contribution is 5.65. The monoisotopic (exact) mass is 285 g/mol. The molecule has 22 heavy (non-hydrogen) atoms. The molecule has 0 fully saturated rings. The molecule has 0 bridgehead atoms. The fourth-order valence-corrected chi connectivity index (χ4v) is 3.29. The van der Waals surface area contributed by atoms with Gasteiger partial charge in [-0.3, -0.25) is 0 Å². The topological polar surface area (TPSA) is 12.0 Å². The van der Waals surface area contributed by atoms with Crippen molar-refractivity contribution in [3.63, 3.8) is 0 Å². The maximum atomic E-state index is 3.68. The van der Waals surface area contributed by atoms with Crippen LogP contribution in [0.3, 0.4) is 0 Å². The SMILES string of the molecule is Cc1cccc2c1NC(c1ccc(-c3ccccc3)cc1)C2. The van der Waals surface area contributed by atoms with Crippen LogP contribution in [-0.2, 0) is 6.42 Å². The van der Waals surface area contributed by atoms with Crippen LogP contribution in [0.5, 0.6) is 0 Å². The van der Waals surface area contributed by atoms with Crippen LogP contribution in [0.4, 0.5) is 5.69 Å². The molecule has 0 aliphatic carbocycles. The number of rotatable bonds is 2. The first kappa shape index (κ1) is 13.1. The Labute approximate surface area is 131 Å². The number of para-hydroxylation sites is 1. The van der Waals surface area contributed by atoms with Gasteiger partial charge in [-0.2, -0.15) is 0 Å². The second kappa shape index (κ2) is 5.34. The quantitative estimate of drug-likeness (QED) is 0.667. The van der Waals surface area contributed by atoms with Crippen LogP contribution in [0.1, 0.15) is 22.7 Å². The zero-order valence-corrected chi connectivity index (χ0v) is 12.7. The van der Waals surface area contributed by atoms with Gasteiger partial charge in [0.25, 0.3) is 0 Å². The molecule has 0 saturated carbocycles. The van der Waals surface area contributed by atoms with Crippen molar-refractivity contribution in [2.75, 3.05) is 5.32 Å². The minimum Gasteiger partial charge on any atom is -0.377 e. The summed E-state index contributed by atoms with van der Waals surface area (Å²) >= 11 is 0. The second-order valence-electron chi connectivity index (χ2n) is 6.00. The van der Waals surface area contributed by atoms with Crippen molar-refractivity contribution in [3.05, 3.63) is 89.5 Å². The zero-order valence-electron chi connectivity index (χ0n) is 12.7. The molecule has 1 N–H and O–H groups in total. The number of benzene rings is 3. The number of hydrogen-bond donors (Lipinski definition) is 1. The van der Waals surface area contributed by atoms with Gasteiger partial charge in [0.1, 0.15) is 0 Å². The van der Waals surface area contributed by atoms with Gasteiger partial charge >= 0.3 is 0 Å². The first-order valence-electron chi connectivity index (χ1n) is 7.82. The Bertz CT molecular complexity index is 788. The number of nitrogens with one attached hydrogen (secondary N) is 1. The summed E-state index contributed by atoms with van der Waals surface area (Å²) in [7, 11) is 0. The number of aryl methyl sites for hydroxylation is 1. The number of anilines is 1. The highest BCUT2D eigenvalue weighted by Gasteiger charge is 2.22. The Morgan fingerprint density at radius 1 is 0.773 bits per heavy atom. The molecule has 0 aromatic heterocycles. The van der Waals surface area contributed by atoms with Crippen LogP contribution in [0.25, 0.3) is 11.1 Å². The van der Waals surface area contributed by atoms with E-state index in [9.17, 15) is 0 Å². The van der Waals surface area contributed by atoms with Crippen molar-refractivity contribution in [1.29, 1.82) is 0 Å². The summed E-state index contributed by atoms with van der Waals surface area (Å²) in [5.41, 5.74) is 7.98. The molecule has 1 heteroatoms. The van der Waals surface area contributed by atoms with Crippen molar-refractivity contribution in [1.82, 2.24) is 0 Å². The molecule has 0 spiro atoms. The van der Waals surface area contributed by atoms with E-state index in [-0.39, 0.29) is 0 Å². The van der Waals surface area contributed by atoms with Crippen molar-refractivity contribution in [3.8, 4) is 11.1 Å². The van der Waals surface area contributed by atoms with E-state index in [1.54, 1.807) is 0 Å². The van der Waals surface area contributed by atoms with Crippen molar-refractivity contribution >= 4 is 5.69 Å². The summed E-state index contributed by atoms with van der Waals surface area (Å²) in [5, 5.41) is 3.68. The standard InChI is InChI=1S/C21H19N/c1-15-6-5-9-19-14-20(22-21(15)19)18-12-10-17(11-13-18)16-7-3-2-4-8-16/h2-13,20,22H,14H2,1H3. The number of hydrogen-bond acceptors (Lipinski definition) is 1. The zero-order chi connectivity index (χ0) is 14.9. The van der Waals surface area contributed by atoms with Gasteiger partial charge in [-0.05, 0) is 41.2 Å². The molecule has 1 unspecified atom stereocenters. The largest absolute Gasteiger partial charge is 0.377 e. The molecule has 1 aliphatic heterocycles. The maximum Gasteiger partial charge on any atom is 0.0555 e. The molecule has 3 aromatic rings. The lowest BCUT2D eigenvalue weighted by atomic mass is 9.99. The van der Waals surface area contributed by atoms with Gasteiger partial charge in [0.05, 0.1) is 6.04 Å². The van der Waals surface area contributed by atoms with E-state index in [0.717, 1.165) is 6.42 Å². The third-order valence-electron chi connectivity index (χ3n) is 4.52. The normalized spacial score (nSPS) is 16.1. The Kier molecular flexibility index (Phi) is 3.19. The molecule has 4 rings (SSSR count). The highest BCUT2D eigenvalue weighted by atomic mass is 15.0. The van der Waals surface area contributed by atoms with Crippen LogP contribution in [0.2, 0.25) is 0 Å². The first-order chi connectivity index (χ1) is 10.8. The number of fused-ring (bicyclic) bond motifs is 1. The summed E-state index contributed by atoms with van der Waals surface area (Å²) in [6.45, 7) is 2.17. The Morgan fingerprint density at radius 3 is 2.23 bits per heavy atom. The molecule has 1 heterocycles. The minimum absolute atomic E-state index is 0.390. The molecular weight excluding hydrogens is 266 g/mol. The fraction of sp³-hybridized carbons (Fsp3) is 0.143. The lowest BCUT2D eigenvalue weighted by Gasteiger charge is -2.13. The summed E-state index contributed by atoms with van der Waals surface area (Å²) in [4.78, 5) is 0. The van der Waals surface area contributed by atoms with E-state index >= 15 is 0 Å². The van der Waals surface area contributed by atoms with Gasteiger partial charge in [0, 0.05) is 5.69 Å². The van der Waals surface area contributed by atoms with Crippen molar-refractivity contribution < 1.29 is 0 Å². The molecule has 0 amide bonds.